The van der Waals surface area contributed by atoms with E-state index in [0.717, 1.165) is 5.56 Å². The Balaban J connectivity index is 1.77. The Morgan fingerprint density at radius 3 is 2.33 bits per heavy atom. The Morgan fingerprint density at radius 1 is 1.07 bits per heavy atom. The van der Waals surface area contributed by atoms with Crippen molar-refractivity contribution in [2.24, 2.45) is 11.7 Å². The molecule has 0 spiro atoms. The summed E-state index contributed by atoms with van der Waals surface area (Å²) in [6, 6.07) is 15.3. The van der Waals surface area contributed by atoms with E-state index in [1.54, 1.807) is 0 Å². The van der Waals surface area contributed by atoms with Crippen molar-refractivity contribution >= 4 is 10.0 Å². The molecule has 27 heavy (non-hydrogen) atoms. The van der Waals surface area contributed by atoms with E-state index in [2.05, 4.69) is 0 Å². The zero-order chi connectivity index (χ0) is 19.4. The van der Waals surface area contributed by atoms with Crippen LogP contribution in [0.3, 0.4) is 0 Å². The molecule has 5 nitrogen and oxygen atoms in total. The van der Waals surface area contributed by atoms with E-state index in [9.17, 15) is 17.2 Å². The van der Waals surface area contributed by atoms with Crippen LogP contribution >= 0.6 is 0 Å². The van der Waals surface area contributed by atoms with Crippen molar-refractivity contribution in [3.63, 3.8) is 0 Å². The van der Waals surface area contributed by atoms with Crippen molar-refractivity contribution in [1.29, 1.82) is 0 Å². The van der Waals surface area contributed by atoms with Crippen LogP contribution in [0.2, 0.25) is 0 Å². The maximum atomic E-state index is 13.0. The van der Waals surface area contributed by atoms with Gasteiger partial charge in [0.15, 0.2) is 0 Å². The Bertz CT molecular complexity index is 845. The molecule has 2 aromatic carbocycles. The first-order valence-corrected chi connectivity index (χ1v) is 10.1. The van der Waals surface area contributed by atoms with E-state index >= 15 is 0 Å². The van der Waals surface area contributed by atoms with Gasteiger partial charge in [-0.3, -0.25) is 0 Å². The van der Waals surface area contributed by atoms with Crippen LogP contribution in [-0.4, -0.2) is 45.4 Å². The highest BCUT2D eigenvalue weighted by Crippen LogP contribution is 2.35. The van der Waals surface area contributed by atoms with Gasteiger partial charge in [0.05, 0.1) is 4.90 Å². The van der Waals surface area contributed by atoms with Crippen LogP contribution in [0.5, 0.6) is 5.75 Å². The van der Waals surface area contributed by atoms with Crippen molar-refractivity contribution in [2.45, 2.75) is 17.2 Å². The lowest BCUT2D eigenvalue weighted by molar-refractivity contribution is 0.0819. The molecule has 0 aliphatic carbocycles. The number of nitrogens with two attached hydrogens (primary N) is 1. The van der Waals surface area contributed by atoms with E-state index in [0.29, 0.717) is 19.6 Å². The molecule has 8 heteroatoms. The van der Waals surface area contributed by atoms with Crippen molar-refractivity contribution in [3.8, 4) is 5.75 Å². The van der Waals surface area contributed by atoms with Crippen LogP contribution < -0.4 is 10.5 Å². The van der Waals surface area contributed by atoms with Crippen molar-refractivity contribution in [3.05, 3.63) is 60.2 Å². The van der Waals surface area contributed by atoms with Gasteiger partial charge in [0.2, 0.25) is 10.0 Å². The number of nitrogens with zero attached hydrogens (tertiary/aromatic N) is 1. The normalized spacial score (nSPS) is 20.9. The number of hydrogen-bond donors (Lipinski definition) is 1. The molecule has 2 N–H and O–H groups in total. The van der Waals surface area contributed by atoms with Crippen molar-refractivity contribution in [1.82, 2.24) is 4.31 Å². The van der Waals surface area contributed by atoms with Gasteiger partial charge in [0.25, 0.3) is 6.43 Å². The van der Waals surface area contributed by atoms with Crippen LogP contribution in [-0.2, 0) is 10.0 Å². The summed E-state index contributed by atoms with van der Waals surface area (Å²) in [7, 11) is -3.70. The fraction of sp³-hybridized carbons (Fsp3) is 0.368. The number of halogens is 2. The quantitative estimate of drug-likeness (QED) is 0.781. The number of sulfonamides is 1. The summed E-state index contributed by atoms with van der Waals surface area (Å²) < 4.78 is 56.7. The smallest absolute Gasteiger partial charge is 0.272 e. The first-order valence-electron chi connectivity index (χ1n) is 8.68. The molecule has 1 fully saturated rings. The maximum Gasteiger partial charge on any atom is 0.272 e. The van der Waals surface area contributed by atoms with Gasteiger partial charge in [0, 0.05) is 19.0 Å². The van der Waals surface area contributed by atoms with Crippen LogP contribution in [0.4, 0.5) is 8.78 Å². The molecule has 2 aromatic rings. The van der Waals surface area contributed by atoms with Gasteiger partial charge in [-0.2, -0.15) is 4.31 Å². The largest absolute Gasteiger partial charge is 0.488 e. The molecular weight excluding hydrogens is 374 g/mol. The SMILES string of the molecule is NC[C@@H]1CN(S(=O)(=O)c2ccc(OCC(F)F)cc2)C[C@H]1c1ccccc1. The highest BCUT2D eigenvalue weighted by Gasteiger charge is 2.39. The molecule has 1 saturated heterocycles. The molecule has 1 aliphatic rings. The molecule has 0 unspecified atom stereocenters. The zero-order valence-electron chi connectivity index (χ0n) is 14.7. The summed E-state index contributed by atoms with van der Waals surface area (Å²) in [5.41, 5.74) is 6.95. The van der Waals surface area contributed by atoms with Gasteiger partial charge < -0.3 is 10.5 Å². The number of hydrogen-bond acceptors (Lipinski definition) is 4. The molecule has 0 saturated carbocycles. The van der Waals surface area contributed by atoms with E-state index in [-0.39, 0.29) is 22.5 Å². The minimum Gasteiger partial charge on any atom is -0.488 e. The fourth-order valence-corrected chi connectivity index (χ4v) is 4.88. The third-order valence-electron chi connectivity index (χ3n) is 4.78. The minimum absolute atomic E-state index is 0.0378. The lowest BCUT2D eigenvalue weighted by Crippen LogP contribution is -2.30. The van der Waals surface area contributed by atoms with Crippen LogP contribution in [0, 0.1) is 5.92 Å². The second-order valence-electron chi connectivity index (χ2n) is 6.51. The molecule has 1 heterocycles. The third-order valence-corrected chi connectivity index (χ3v) is 6.62. The summed E-state index contributed by atoms with van der Waals surface area (Å²) >= 11 is 0. The average molecular weight is 396 g/mol. The Labute approximate surface area is 157 Å². The lowest BCUT2D eigenvalue weighted by atomic mass is 9.89. The number of alkyl halides is 2. The summed E-state index contributed by atoms with van der Waals surface area (Å²) in [6.45, 7) is 0.376. The topological polar surface area (TPSA) is 72.6 Å². The van der Waals surface area contributed by atoms with Crippen LogP contribution in [0.25, 0.3) is 0 Å². The van der Waals surface area contributed by atoms with E-state index in [1.165, 1.54) is 28.6 Å². The molecule has 0 aromatic heterocycles. The molecule has 1 aliphatic heterocycles. The third kappa shape index (κ3) is 4.45. The van der Waals surface area contributed by atoms with E-state index in [4.69, 9.17) is 10.5 Å². The predicted molar refractivity (Wildman–Crippen MR) is 98.4 cm³/mol. The van der Waals surface area contributed by atoms with Gasteiger partial charge in [0.1, 0.15) is 12.4 Å². The van der Waals surface area contributed by atoms with Crippen LogP contribution in [0.1, 0.15) is 11.5 Å². The average Bonchev–Trinajstić information content (AvgIpc) is 3.13. The van der Waals surface area contributed by atoms with Gasteiger partial charge in [-0.15, -0.1) is 0 Å². The zero-order valence-corrected chi connectivity index (χ0v) is 15.5. The lowest BCUT2D eigenvalue weighted by Gasteiger charge is -2.17. The van der Waals surface area contributed by atoms with Crippen molar-refractivity contribution < 1.29 is 21.9 Å². The number of benzene rings is 2. The second kappa shape index (κ2) is 8.33. The van der Waals surface area contributed by atoms with Gasteiger partial charge in [-0.1, -0.05) is 30.3 Å². The fourth-order valence-electron chi connectivity index (χ4n) is 3.36. The molecule has 146 valence electrons. The molecule has 0 amide bonds. The Kier molecular flexibility index (Phi) is 6.08. The first-order chi connectivity index (χ1) is 12.9. The standard InChI is InChI=1S/C19H22F2N2O3S/c20-19(21)13-26-16-6-8-17(9-7-16)27(24,25)23-11-15(10-22)18(12-23)14-4-2-1-3-5-14/h1-9,15,18-19H,10-13,22H2/t15-,18+/m1/s1. The van der Waals surface area contributed by atoms with Gasteiger partial charge in [-0.05, 0) is 42.3 Å². The molecule has 3 rings (SSSR count). The Morgan fingerprint density at radius 2 is 1.74 bits per heavy atom. The summed E-state index contributed by atoms with van der Waals surface area (Å²) in [5, 5.41) is 0. The summed E-state index contributed by atoms with van der Waals surface area (Å²) in [4.78, 5) is 0.108. The number of rotatable bonds is 7. The second-order valence-corrected chi connectivity index (χ2v) is 8.45. The van der Waals surface area contributed by atoms with Crippen molar-refractivity contribution in [2.75, 3.05) is 26.2 Å². The van der Waals surface area contributed by atoms with Gasteiger partial charge >= 0.3 is 0 Å². The first kappa shape index (κ1) is 19.7. The van der Waals surface area contributed by atoms with Crippen LogP contribution in [0.15, 0.2) is 59.5 Å². The number of ether oxygens (including phenoxy) is 1. The molecule has 0 bridgehead atoms. The highest BCUT2D eigenvalue weighted by atomic mass is 32.2. The summed E-state index contributed by atoms with van der Waals surface area (Å²) in [6.07, 6.45) is -2.58. The maximum absolute atomic E-state index is 13.0. The summed E-state index contributed by atoms with van der Waals surface area (Å²) in [5.74, 6) is 0.285. The van der Waals surface area contributed by atoms with E-state index < -0.39 is 23.1 Å². The van der Waals surface area contributed by atoms with Gasteiger partial charge in [-0.25, -0.2) is 17.2 Å². The molecule has 2 atom stereocenters. The Hall–Kier alpha value is -2.03. The highest BCUT2D eigenvalue weighted by molar-refractivity contribution is 7.89. The molecule has 0 radical (unpaired) electrons. The predicted octanol–water partition coefficient (Wildman–Crippen LogP) is 2.69. The monoisotopic (exact) mass is 396 g/mol. The van der Waals surface area contributed by atoms with E-state index in [1.807, 2.05) is 30.3 Å². The molecular formula is C19H22F2N2O3S. The minimum atomic E-state index is -3.70.